The highest BCUT2D eigenvalue weighted by molar-refractivity contribution is 5.74. The molecule has 3 aromatic rings. The number of rotatable bonds is 2. The molecule has 4 heteroatoms. The first-order valence-electron chi connectivity index (χ1n) is 6.08. The van der Waals surface area contributed by atoms with Crippen LogP contribution in [-0.4, -0.2) is 9.38 Å². The second-order valence-electron chi connectivity index (χ2n) is 4.68. The summed E-state index contributed by atoms with van der Waals surface area (Å²) in [4.78, 5) is 15.6. The standard InChI is InChI=1S/C15H13N3O/c1-10-3-6-12(7-4-10)14-15(17-19)18-9-11(2)5-8-13(18)16-14/h3-9H,1-2H3. The number of aromatic nitrogens is 2. The molecule has 19 heavy (non-hydrogen) atoms. The van der Waals surface area contributed by atoms with E-state index in [2.05, 4.69) is 10.2 Å². The highest BCUT2D eigenvalue weighted by atomic mass is 16.3. The van der Waals surface area contributed by atoms with Crippen LogP contribution in [0.1, 0.15) is 11.1 Å². The van der Waals surface area contributed by atoms with Gasteiger partial charge < -0.3 is 0 Å². The van der Waals surface area contributed by atoms with E-state index >= 15 is 0 Å². The predicted molar refractivity (Wildman–Crippen MR) is 75.6 cm³/mol. The van der Waals surface area contributed by atoms with E-state index in [4.69, 9.17) is 0 Å². The molecule has 0 spiro atoms. The number of nitrogens with zero attached hydrogens (tertiary/aromatic N) is 3. The van der Waals surface area contributed by atoms with Gasteiger partial charge in [0, 0.05) is 11.8 Å². The lowest BCUT2D eigenvalue weighted by Gasteiger charge is -1.99. The van der Waals surface area contributed by atoms with E-state index < -0.39 is 0 Å². The maximum absolute atomic E-state index is 11.1. The number of benzene rings is 1. The average molecular weight is 251 g/mol. The van der Waals surface area contributed by atoms with E-state index in [1.165, 1.54) is 5.56 Å². The van der Waals surface area contributed by atoms with E-state index in [1.54, 1.807) is 4.40 Å². The van der Waals surface area contributed by atoms with E-state index in [-0.39, 0.29) is 0 Å². The number of nitroso groups, excluding NO2 is 1. The third kappa shape index (κ3) is 1.91. The first-order chi connectivity index (χ1) is 9.19. The van der Waals surface area contributed by atoms with E-state index in [0.29, 0.717) is 11.5 Å². The van der Waals surface area contributed by atoms with Gasteiger partial charge in [-0.2, -0.15) is 0 Å². The van der Waals surface area contributed by atoms with Crippen LogP contribution in [0.15, 0.2) is 47.8 Å². The fraction of sp³-hybridized carbons (Fsp3) is 0.133. The van der Waals surface area contributed by atoms with Crippen LogP contribution in [0.4, 0.5) is 5.82 Å². The fourth-order valence-electron chi connectivity index (χ4n) is 2.13. The normalized spacial score (nSPS) is 10.8. The van der Waals surface area contributed by atoms with Gasteiger partial charge in [0.15, 0.2) is 0 Å². The molecular formula is C15H13N3O. The fourth-order valence-corrected chi connectivity index (χ4v) is 2.13. The molecule has 2 heterocycles. The zero-order valence-electron chi connectivity index (χ0n) is 10.8. The van der Waals surface area contributed by atoms with Gasteiger partial charge in [0.05, 0.1) is 0 Å². The third-order valence-corrected chi connectivity index (χ3v) is 3.15. The molecule has 0 unspecified atom stereocenters. The van der Waals surface area contributed by atoms with Gasteiger partial charge in [-0.15, -0.1) is 4.91 Å². The van der Waals surface area contributed by atoms with Gasteiger partial charge in [-0.25, -0.2) is 4.98 Å². The number of aryl methyl sites for hydroxylation is 2. The van der Waals surface area contributed by atoms with Crippen LogP contribution in [-0.2, 0) is 0 Å². The minimum Gasteiger partial charge on any atom is -0.281 e. The Morgan fingerprint density at radius 1 is 1.00 bits per heavy atom. The second-order valence-corrected chi connectivity index (χ2v) is 4.68. The highest BCUT2D eigenvalue weighted by Gasteiger charge is 2.14. The van der Waals surface area contributed by atoms with Crippen LogP contribution in [0.25, 0.3) is 16.9 Å². The molecule has 0 aliphatic carbocycles. The van der Waals surface area contributed by atoms with Gasteiger partial charge in [0.1, 0.15) is 11.3 Å². The first kappa shape index (κ1) is 11.6. The largest absolute Gasteiger partial charge is 0.281 e. The minimum atomic E-state index is 0.350. The van der Waals surface area contributed by atoms with Crippen LogP contribution in [0, 0.1) is 18.8 Å². The van der Waals surface area contributed by atoms with Gasteiger partial charge in [-0.05, 0) is 30.7 Å². The van der Waals surface area contributed by atoms with Crippen molar-refractivity contribution < 1.29 is 0 Å². The smallest absolute Gasteiger partial charge is 0.209 e. The molecule has 0 N–H and O–H groups in total. The van der Waals surface area contributed by atoms with Crippen molar-refractivity contribution in [3.63, 3.8) is 0 Å². The maximum atomic E-state index is 11.1. The summed E-state index contributed by atoms with van der Waals surface area (Å²) in [7, 11) is 0. The Hall–Kier alpha value is -2.49. The number of fused-ring (bicyclic) bond motifs is 1. The van der Waals surface area contributed by atoms with Crippen LogP contribution >= 0.6 is 0 Å². The molecule has 2 aromatic heterocycles. The van der Waals surface area contributed by atoms with E-state index in [9.17, 15) is 4.91 Å². The highest BCUT2D eigenvalue weighted by Crippen LogP contribution is 2.31. The summed E-state index contributed by atoms with van der Waals surface area (Å²) in [6.45, 7) is 4.00. The summed E-state index contributed by atoms with van der Waals surface area (Å²) in [6.07, 6.45) is 1.87. The quantitative estimate of drug-likeness (QED) is 0.646. The van der Waals surface area contributed by atoms with Gasteiger partial charge in [-0.1, -0.05) is 35.9 Å². The molecule has 4 nitrogen and oxygen atoms in total. The molecule has 0 bridgehead atoms. The first-order valence-corrected chi connectivity index (χ1v) is 6.08. The van der Waals surface area contributed by atoms with Crippen molar-refractivity contribution in [2.24, 2.45) is 5.18 Å². The Morgan fingerprint density at radius 2 is 1.68 bits per heavy atom. The SMILES string of the molecule is Cc1ccc(-c2nc3ccc(C)cn3c2N=O)cc1. The molecule has 3 rings (SSSR count). The molecule has 0 aliphatic rings. The second kappa shape index (κ2) is 4.31. The Morgan fingerprint density at radius 3 is 2.37 bits per heavy atom. The van der Waals surface area contributed by atoms with Gasteiger partial charge in [-0.3, -0.25) is 4.40 Å². The van der Waals surface area contributed by atoms with Crippen molar-refractivity contribution in [2.45, 2.75) is 13.8 Å². The van der Waals surface area contributed by atoms with Gasteiger partial charge in [0.2, 0.25) is 5.82 Å². The molecule has 0 fully saturated rings. The zero-order valence-corrected chi connectivity index (χ0v) is 10.8. The van der Waals surface area contributed by atoms with Crippen molar-refractivity contribution in [3.05, 3.63) is 58.6 Å². The average Bonchev–Trinajstić information content (AvgIpc) is 2.77. The van der Waals surface area contributed by atoms with Crippen LogP contribution in [0.5, 0.6) is 0 Å². The molecule has 0 radical (unpaired) electrons. The Labute approximate surface area is 110 Å². The van der Waals surface area contributed by atoms with Crippen LogP contribution < -0.4 is 0 Å². The van der Waals surface area contributed by atoms with Gasteiger partial charge in [0.25, 0.3) is 0 Å². The summed E-state index contributed by atoms with van der Waals surface area (Å²) in [5, 5.41) is 3.15. The van der Waals surface area contributed by atoms with Crippen molar-refractivity contribution in [2.75, 3.05) is 0 Å². The summed E-state index contributed by atoms with van der Waals surface area (Å²) in [6, 6.07) is 11.8. The summed E-state index contributed by atoms with van der Waals surface area (Å²) >= 11 is 0. The summed E-state index contributed by atoms with van der Waals surface area (Å²) < 4.78 is 1.73. The lowest BCUT2D eigenvalue weighted by atomic mass is 10.1. The molecule has 1 aromatic carbocycles. The lowest BCUT2D eigenvalue weighted by molar-refractivity contribution is 1.14. The van der Waals surface area contributed by atoms with Crippen molar-refractivity contribution in [3.8, 4) is 11.3 Å². The van der Waals surface area contributed by atoms with E-state index in [1.807, 2.05) is 56.4 Å². The number of imidazole rings is 1. The molecular weight excluding hydrogens is 238 g/mol. The zero-order chi connectivity index (χ0) is 13.4. The topological polar surface area (TPSA) is 46.7 Å². The summed E-state index contributed by atoms with van der Waals surface area (Å²) in [5.41, 5.74) is 4.49. The Balaban J connectivity index is 2.28. The molecule has 0 saturated carbocycles. The van der Waals surface area contributed by atoms with Crippen molar-refractivity contribution in [1.82, 2.24) is 9.38 Å². The third-order valence-electron chi connectivity index (χ3n) is 3.15. The maximum Gasteiger partial charge on any atom is 0.209 e. The lowest BCUT2D eigenvalue weighted by Crippen LogP contribution is -1.84. The summed E-state index contributed by atoms with van der Waals surface area (Å²) in [5.74, 6) is 0.350. The number of hydrogen-bond donors (Lipinski definition) is 0. The Bertz CT molecular complexity index is 757. The monoisotopic (exact) mass is 251 g/mol. The molecule has 94 valence electrons. The molecule has 0 amide bonds. The number of hydrogen-bond acceptors (Lipinski definition) is 3. The van der Waals surface area contributed by atoms with Crippen LogP contribution in [0.2, 0.25) is 0 Å². The van der Waals surface area contributed by atoms with Crippen LogP contribution in [0.3, 0.4) is 0 Å². The predicted octanol–water partition coefficient (Wildman–Crippen LogP) is 4.02. The number of pyridine rings is 1. The molecule has 0 atom stereocenters. The Kier molecular flexibility index (Phi) is 2.63. The molecule has 0 saturated heterocycles. The molecule has 0 aliphatic heterocycles. The van der Waals surface area contributed by atoms with Crippen molar-refractivity contribution >= 4 is 11.5 Å². The van der Waals surface area contributed by atoms with Gasteiger partial charge >= 0.3 is 0 Å². The minimum absolute atomic E-state index is 0.350. The van der Waals surface area contributed by atoms with E-state index in [0.717, 1.165) is 16.8 Å². The van der Waals surface area contributed by atoms with Crippen molar-refractivity contribution in [1.29, 1.82) is 0 Å².